The minimum atomic E-state index is -1.88. The number of hydrogen-bond acceptors (Lipinski definition) is 3. The summed E-state index contributed by atoms with van der Waals surface area (Å²) in [5.74, 6) is -1.75. The minimum Gasteiger partial charge on any atom is -0.372 e. The smallest absolute Gasteiger partial charge is 0.268 e. The van der Waals surface area contributed by atoms with Crippen molar-refractivity contribution in [2.75, 3.05) is 16.8 Å². The molecule has 0 spiro atoms. The van der Waals surface area contributed by atoms with Crippen LogP contribution in [0.15, 0.2) is 78.9 Å². The van der Waals surface area contributed by atoms with Crippen LogP contribution >= 0.6 is 0 Å². The molecule has 6 heteroatoms. The van der Waals surface area contributed by atoms with E-state index in [9.17, 15) is 19.1 Å². The number of carbonyl (C=O) groups is 2. The van der Waals surface area contributed by atoms with E-state index in [1.807, 2.05) is 0 Å². The molecule has 4 rings (SSSR count). The topological polar surface area (TPSA) is 69.6 Å². The van der Waals surface area contributed by atoms with Crippen LogP contribution in [0.5, 0.6) is 0 Å². The lowest BCUT2D eigenvalue weighted by Crippen LogP contribution is -2.44. The van der Waals surface area contributed by atoms with Crippen LogP contribution in [0.25, 0.3) is 0 Å². The Morgan fingerprint density at radius 2 is 1.61 bits per heavy atom. The summed E-state index contributed by atoms with van der Waals surface area (Å²) in [6, 6.07) is 21.2. The fourth-order valence-electron chi connectivity index (χ4n) is 3.45. The number of para-hydroxylation sites is 2. The van der Waals surface area contributed by atoms with Gasteiger partial charge in [0.2, 0.25) is 5.91 Å². The van der Waals surface area contributed by atoms with E-state index in [-0.39, 0.29) is 12.2 Å². The lowest BCUT2D eigenvalue weighted by molar-refractivity contribution is -0.133. The summed E-state index contributed by atoms with van der Waals surface area (Å²) in [6.45, 7) is -0.348. The number of hydrogen-bond donors (Lipinski definition) is 2. The van der Waals surface area contributed by atoms with E-state index in [1.54, 1.807) is 60.7 Å². The fourth-order valence-corrected chi connectivity index (χ4v) is 3.45. The van der Waals surface area contributed by atoms with Gasteiger partial charge in [0.15, 0.2) is 5.60 Å². The van der Waals surface area contributed by atoms with Crippen molar-refractivity contribution in [2.24, 2.45) is 0 Å². The normalized spacial score (nSPS) is 18.1. The summed E-state index contributed by atoms with van der Waals surface area (Å²) < 4.78 is 13.8. The first kappa shape index (κ1) is 17.9. The molecule has 0 aromatic heterocycles. The number of amides is 2. The van der Waals surface area contributed by atoms with Gasteiger partial charge in [-0.25, -0.2) is 4.39 Å². The molecule has 1 aliphatic heterocycles. The highest BCUT2D eigenvalue weighted by Crippen LogP contribution is 2.44. The molecule has 1 heterocycles. The van der Waals surface area contributed by atoms with Crippen molar-refractivity contribution >= 4 is 23.2 Å². The van der Waals surface area contributed by atoms with Gasteiger partial charge in [0.05, 0.1) is 11.4 Å². The fraction of sp³-hybridized carbons (Fsp3) is 0.0909. The van der Waals surface area contributed by atoms with Crippen molar-refractivity contribution in [3.05, 3.63) is 95.8 Å². The molecule has 5 nitrogen and oxygen atoms in total. The van der Waals surface area contributed by atoms with Crippen molar-refractivity contribution in [1.29, 1.82) is 0 Å². The van der Waals surface area contributed by atoms with Crippen LogP contribution in [0.3, 0.4) is 0 Å². The first-order chi connectivity index (χ1) is 13.5. The van der Waals surface area contributed by atoms with Gasteiger partial charge in [-0.15, -0.1) is 0 Å². The monoisotopic (exact) mass is 376 g/mol. The molecule has 0 aliphatic carbocycles. The molecule has 2 amide bonds. The molecule has 1 aliphatic rings. The van der Waals surface area contributed by atoms with Gasteiger partial charge in [-0.05, 0) is 23.8 Å². The molecular formula is C22H17FN2O3. The Bertz CT molecular complexity index is 1050. The third-order valence-corrected chi connectivity index (χ3v) is 4.78. The highest BCUT2D eigenvalue weighted by molar-refractivity contribution is 6.12. The molecule has 2 N–H and O–H groups in total. The molecule has 0 saturated carbocycles. The summed E-state index contributed by atoms with van der Waals surface area (Å²) in [6.07, 6.45) is 0. The second-order valence-electron chi connectivity index (χ2n) is 6.51. The maximum atomic E-state index is 13.8. The summed E-state index contributed by atoms with van der Waals surface area (Å²) >= 11 is 0. The van der Waals surface area contributed by atoms with Crippen molar-refractivity contribution < 1.29 is 19.1 Å². The number of fused-ring (bicyclic) bond motifs is 1. The minimum absolute atomic E-state index is 0.0331. The summed E-state index contributed by atoms with van der Waals surface area (Å²) in [5, 5.41) is 13.8. The van der Waals surface area contributed by atoms with Crippen molar-refractivity contribution in [3.63, 3.8) is 0 Å². The Morgan fingerprint density at radius 1 is 0.964 bits per heavy atom. The van der Waals surface area contributed by atoms with E-state index >= 15 is 0 Å². The number of nitrogens with one attached hydrogen (secondary N) is 1. The Morgan fingerprint density at radius 3 is 2.36 bits per heavy atom. The first-order valence-corrected chi connectivity index (χ1v) is 8.75. The average Bonchev–Trinajstić information content (AvgIpc) is 2.93. The van der Waals surface area contributed by atoms with Gasteiger partial charge in [-0.1, -0.05) is 60.7 Å². The van der Waals surface area contributed by atoms with E-state index in [2.05, 4.69) is 5.32 Å². The number of benzene rings is 3. The third kappa shape index (κ3) is 2.84. The quantitative estimate of drug-likeness (QED) is 0.735. The van der Waals surface area contributed by atoms with Gasteiger partial charge in [-0.3, -0.25) is 14.5 Å². The summed E-state index contributed by atoms with van der Waals surface area (Å²) in [7, 11) is 0. The van der Waals surface area contributed by atoms with E-state index in [0.29, 0.717) is 16.8 Å². The lowest BCUT2D eigenvalue weighted by atomic mass is 9.88. The van der Waals surface area contributed by atoms with Crippen LogP contribution in [0.1, 0.15) is 11.1 Å². The van der Waals surface area contributed by atoms with Crippen molar-refractivity contribution in [2.45, 2.75) is 5.60 Å². The number of halogens is 1. The van der Waals surface area contributed by atoms with Crippen molar-refractivity contribution in [3.8, 4) is 0 Å². The molecule has 0 radical (unpaired) electrons. The zero-order chi connectivity index (χ0) is 19.7. The Labute approximate surface area is 161 Å². The zero-order valence-corrected chi connectivity index (χ0v) is 14.8. The van der Waals surface area contributed by atoms with Crippen molar-refractivity contribution in [1.82, 2.24) is 0 Å². The molecular weight excluding hydrogens is 359 g/mol. The van der Waals surface area contributed by atoms with E-state index < -0.39 is 23.2 Å². The van der Waals surface area contributed by atoms with Crippen LogP contribution < -0.4 is 10.2 Å². The van der Waals surface area contributed by atoms with Crippen LogP contribution in [-0.2, 0) is 15.2 Å². The summed E-state index contributed by atoms with van der Waals surface area (Å²) in [4.78, 5) is 26.9. The number of aliphatic hydroxyl groups is 1. The van der Waals surface area contributed by atoms with E-state index in [1.165, 1.54) is 23.1 Å². The van der Waals surface area contributed by atoms with Gasteiger partial charge in [0.1, 0.15) is 12.4 Å². The molecule has 140 valence electrons. The van der Waals surface area contributed by atoms with E-state index in [4.69, 9.17) is 0 Å². The molecule has 0 bridgehead atoms. The van der Waals surface area contributed by atoms with Gasteiger partial charge in [0, 0.05) is 5.56 Å². The zero-order valence-electron chi connectivity index (χ0n) is 14.8. The molecule has 28 heavy (non-hydrogen) atoms. The Hall–Kier alpha value is -3.51. The maximum Gasteiger partial charge on any atom is 0.268 e. The second kappa shape index (κ2) is 6.90. The molecule has 0 fully saturated rings. The maximum absolute atomic E-state index is 13.8. The predicted octanol–water partition coefficient (Wildman–Crippen LogP) is 3.05. The van der Waals surface area contributed by atoms with Gasteiger partial charge >= 0.3 is 0 Å². The highest BCUT2D eigenvalue weighted by Gasteiger charge is 2.51. The average molecular weight is 376 g/mol. The second-order valence-corrected chi connectivity index (χ2v) is 6.51. The third-order valence-electron chi connectivity index (χ3n) is 4.78. The Balaban J connectivity index is 1.66. The first-order valence-electron chi connectivity index (χ1n) is 8.75. The Kier molecular flexibility index (Phi) is 4.41. The van der Waals surface area contributed by atoms with Crippen LogP contribution in [0.2, 0.25) is 0 Å². The molecule has 3 aromatic carbocycles. The van der Waals surface area contributed by atoms with Gasteiger partial charge < -0.3 is 10.4 Å². The lowest BCUT2D eigenvalue weighted by Gasteiger charge is -2.23. The molecule has 3 aromatic rings. The SMILES string of the molecule is O=C(CN1C(=O)[C@](O)(c2ccccc2)c2ccccc21)Nc1ccccc1F. The van der Waals surface area contributed by atoms with Gasteiger partial charge in [0.25, 0.3) is 5.91 Å². The standard InChI is InChI=1S/C22H17FN2O3/c23-17-11-5-6-12-18(17)24-20(26)14-25-19-13-7-4-10-16(19)22(28,21(25)27)15-8-2-1-3-9-15/h1-13,28H,14H2,(H,24,26)/t22-/m0/s1. The molecule has 1 atom stereocenters. The van der Waals surface area contributed by atoms with Crippen LogP contribution in [0.4, 0.5) is 15.8 Å². The largest absolute Gasteiger partial charge is 0.372 e. The highest BCUT2D eigenvalue weighted by atomic mass is 19.1. The van der Waals surface area contributed by atoms with Gasteiger partial charge in [-0.2, -0.15) is 0 Å². The number of anilines is 2. The van der Waals surface area contributed by atoms with Crippen LogP contribution in [0, 0.1) is 5.82 Å². The molecule has 0 unspecified atom stereocenters. The number of nitrogens with zero attached hydrogens (tertiary/aromatic N) is 1. The number of rotatable bonds is 4. The molecule has 0 saturated heterocycles. The summed E-state index contributed by atoms with van der Waals surface area (Å²) in [5.41, 5.74) is -0.571. The van der Waals surface area contributed by atoms with E-state index in [0.717, 1.165) is 0 Å². The number of carbonyl (C=O) groups excluding carboxylic acids is 2. The predicted molar refractivity (Wildman–Crippen MR) is 103 cm³/mol. The van der Waals surface area contributed by atoms with Crippen LogP contribution in [-0.4, -0.2) is 23.5 Å².